The van der Waals surface area contributed by atoms with Crippen LogP contribution in [-0.2, 0) is 0 Å². The third-order valence-electron chi connectivity index (χ3n) is 2.39. The second-order valence-electron chi connectivity index (χ2n) is 4.02. The highest BCUT2D eigenvalue weighted by atomic mass is 79.9. The Kier molecular flexibility index (Phi) is 4.58. The maximum Gasteiger partial charge on any atom is 0.129 e. The minimum absolute atomic E-state index is 0.498. The smallest absolute Gasteiger partial charge is 0.129 e. The molecule has 0 aliphatic heterocycles. The molecular formula is C12H19BrN2. The summed E-state index contributed by atoms with van der Waals surface area (Å²) in [5, 5.41) is 0. The van der Waals surface area contributed by atoms with Crippen LogP contribution in [0.4, 0.5) is 5.82 Å². The van der Waals surface area contributed by atoms with E-state index in [0.29, 0.717) is 6.04 Å². The molecule has 0 unspecified atom stereocenters. The van der Waals surface area contributed by atoms with E-state index in [1.807, 2.05) is 6.92 Å². The van der Waals surface area contributed by atoms with E-state index in [1.165, 1.54) is 0 Å². The molecule has 0 aromatic carbocycles. The van der Waals surface area contributed by atoms with Crippen molar-refractivity contribution >= 4 is 21.7 Å². The fourth-order valence-electron chi connectivity index (χ4n) is 1.57. The fourth-order valence-corrected chi connectivity index (χ4v) is 1.79. The van der Waals surface area contributed by atoms with Crippen molar-refractivity contribution in [3.63, 3.8) is 0 Å². The second kappa shape index (κ2) is 5.50. The van der Waals surface area contributed by atoms with E-state index in [-0.39, 0.29) is 0 Å². The lowest BCUT2D eigenvalue weighted by Crippen LogP contribution is -2.32. The third kappa shape index (κ3) is 3.20. The molecule has 0 aliphatic carbocycles. The summed E-state index contributed by atoms with van der Waals surface area (Å²) in [4.78, 5) is 6.92. The van der Waals surface area contributed by atoms with Gasteiger partial charge in [0.2, 0.25) is 0 Å². The molecule has 1 aromatic rings. The molecule has 1 aromatic heterocycles. The third-order valence-corrected chi connectivity index (χ3v) is 3.23. The summed E-state index contributed by atoms with van der Waals surface area (Å²) in [7, 11) is 0. The van der Waals surface area contributed by atoms with Gasteiger partial charge in [-0.3, -0.25) is 0 Å². The number of rotatable bonds is 4. The number of hydrogen-bond acceptors (Lipinski definition) is 2. The van der Waals surface area contributed by atoms with Crippen LogP contribution in [-0.4, -0.2) is 17.6 Å². The second-order valence-corrected chi connectivity index (χ2v) is 4.88. The summed E-state index contributed by atoms with van der Waals surface area (Å²) in [6, 6.07) is 4.65. The first-order valence-corrected chi connectivity index (χ1v) is 6.25. The van der Waals surface area contributed by atoms with Crippen molar-refractivity contribution in [2.45, 2.75) is 40.2 Å². The van der Waals surface area contributed by atoms with Gasteiger partial charge >= 0.3 is 0 Å². The average Bonchev–Trinajstić information content (AvgIpc) is 2.18. The summed E-state index contributed by atoms with van der Waals surface area (Å²) in [6.07, 6.45) is 1.15. The lowest BCUT2D eigenvalue weighted by molar-refractivity contribution is 0.661. The van der Waals surface area contributed by atoms with E-state index in [1.54, 1.807) is 0 Å². The van der Waals surface area contributed by atoms with Crippen molar-refractivity contribution in [1.29, 1.82) is 0 Å². The molecule has 84 valence electrons. The summed E-state index contributed by atoms with van der Waals surface area (Å²) < 4.78 is 1.08. The Hall–Kier alpha value is -0.570. The topological polar surface area (TPSA) is 16.1 Å². The minimum atomic E-state index is 0.498. The summed E-state index contributed by atoms with van der Waals surface area (Å²) >= 11 is 3.47. The number of halogens is 1. The zero-order valence-electron chi connectivity index (χ0n) is 9.92. The van der Waals surface area contributed by atoms with Crippen molar-refractivity contribution in [1.82, 2.24) is 4.98 Å². The Balaban J connectivity index is 2.95. The Morgan fingerprint density at radius 1 is 1.40 bits per heavy atom. The molecule has 0 spiro atoms. The maximum atomic E-state index is 4.59. The molecule has 0 atom stereocenters. The largest absolute Gasteiger partial charge is 0.354 e. The molecule has 0 amide bonds. The van der Waals surface area contributed by atoms with E-state index in [0.717, 1.165) is 29.0 Å². The summed E-state index contributed by atoms with van der Waals surface area (Å²) in [5.41, 5.74) is 1.05. The molecular weight excluding hydrogens is 252 g/mol. The van der Waals surface area contributed by atoms with Crippen LogP contribution >= 0.6 is 15.9 Å². The Morgan fingerprint density at radius 2 is 2.07 bits per heavy atom. The quantitative estimate of drug-likeness (QED) is 0.828. The molecule has 1 rings (SSSR count). The first-order valence-electron chi connectivity index (χ1n) is 5.46. The number of pyridine rings is 1. The molecule has 0 bridgehead atoms. The highest BCUT2D eigenvalue weighted by Gasteiger charge is 2.11. The van der Waals surface area contributed by atoms with Gasteiger partial charge in [-0.25, -0.2) is 4.98 Å². The van der Waals surface area contributed by atoms with Crippen LogP contribution < -0.4 is 4.90 Å². The van der Waals surface area contributed by atoms with Crippen LogP contribution in [0.5, 0.6) is 0 Å². The Morgan fingerprint density at radius 3 is 2.53 bits per heavy atom. The molecule has 3 heteroatoms. The molecule has 0 saturated heterocycles. The SMILES string of the molecule is CCCN(c1ccc(Br)c(C)n1)C(C)C. The van der Waals surface area contributed by atoms with Crippen molar-refractivity contribution in [3.05, 3.63) is 22.3 Å². The van der Waals surface area contributed by atoms with Gasteiger partial charge in [0.05, 0.1) is 5.69 Å². The predicted molar refractivity (Wildman–Crippen MR) is 69.4 cm³/mol. The van der Waals surface area contributed by atoms with Crippen molar-refractivity contribution in [2.75, 3.05) is 11.4 Å². The van der Waals surface area contributed by atoms with Gasteiger partial charge in [-0.2, -0.15) is 0 Å². The van der Waals surface area contributed by atoms with E-state index < -0.39 is 0 Å². The van der Waals surface area contributed by atoms with Gasteiger partial charge in [-0.15, -0.1) is 0 Å². The van der Waals surface area contributed by atoms with Gasteiger partial charge in [0, 0.05) is 17.1 Å². The van der Waals surface area contributed by atoms with Crippen molar-refractivity contribution in [3.8, 4) is 0 Å². The van der Waals surface area contributed by atoms with Gasteiger partial charge in [0.25, 0.3) is 0 Å². The normalized spacial score (nSPS) is 10.8. The van der Waals surface area contributed by atoms with Crippen molar-refractivity contribution in [2.24, 2.45) is 0 Å². The standard InChI is InChI=1S/C12H19BrN2/c1-5-8-15(9(2)3)12-7-6-11(13)10(4)14-12/h6-7,9H,5,8H2,1-4H3. The predicted octanol–water partition coefficient (Wildman–Crippen LogP) is 3.78. The van der Waals surface area contributed by atoms with Gasteiger partial charge in [-0.05, 0) is 55.3 Å². The Bertz CT molecular complexity index is 323. The number of aromatic nitrogens is 1. The Labute approximate surface area is 101 Å². The van der Waals surface area contributed by atoms with E-state index in [9.17, 15) is 0 Å². The van der Waals surface area contributed by atoms with Crippen molar-refractivity contribution < 1.29 is 0 Å². The molecule has 0 fully saturated rings. The van der Waals surface area contributed by atoms with Crippen LogP contribution in [0.2, 0.25) is 0 Å². The van der Waals surface area contributed by atoms with Gasteiger partial charge in [0.1, 0.15) is 5.82 Å². The summed E-state index contributed by atoms with van der Waals surface area (Å²) in [6.45, 7) is 9.69. The van der Waals surface area contributed by atoms with Crippen LogP contribution in [0.1, 0.15) is 32.9 Å². The van der Waals surface area contributed by atoms with E-state index >= 15 is 0 Å². The zero-order chi connectivity index (χ0) is 11.4. The molecule has 0 saturated carbocycles. The minimum Gasteiger partial charge on any atom is -0.354 e. The van der Waals surface area contributed by atoms with Gasteiger partial charge < -0.3 is 4.90 Å². The fraction of sp³-hybridized carbons (Fsp3) is 0.583. The zero-order valence-corrected chi connectivity index (χ0v) is 11.5. The lowest BCUT2D eigenvalue weighted by atomic mass is 10.2. The molecule has 0 N–H and O–H groups in total. The lowest BCUT2D eigenvalue weighted by Gasteiger charge is -2.27. The van der Waals surface area contributed by atoms with Crippen LogP contribution in [0.25, 0.3) is 0 Å². The van der Waals surface area contributed by atoms with Crippen LogP contribution in [0.3, 0.4) is 0 Å². The first kappa shape index (κ1) is 12.5. The van der Waals surface area contributed by atoms with E-state index in [4.69, 9.17) is 0 Å². The number of hydrogen-bond donors (Lipinski definition) is 0. The molecule has 0 radical (unpaired) electrons. The highest BCUT2D eigenvalue weighted by Crippen LogP contribution is 2.20. The molecule has 1 heterocycles. The van der Waals surface area contributed by atoms with Crippen LogP contribution in [0, 0.1) is 6.92 Å². The number of anilines is 1. The first-order chi connectivity index (χ1) is 7.06. The maximum absolute atomic E-state index is 4.59. The molecule has 0 aliphatic rings. The average molecular weight is 271 g/mol. The van der Waals surface area contributed by atoms with E-state index in [2.05, 4.69) is 58.7 Å². The monoisotopic (exact) mass is 270 g/mol. The number of nitrogens with zero attached hydrogens (tertiary/aromatic N) is 2. The van der Waals surface area contributed by atoms with Gasteiger partial charge in [0.15, 0.2) is 0 Å². The number of aryl methyl sites for hydroxylation is 1. The van der Waals surface area contributed by atoms with Gasteiger partial charge in [-0.1, -0.05) is 6.92 Å². The van der Waals surface area contributed by atoms with Crippen LogP contribution in [0.15, 0.2) is 16.6 Å². The highest BCUT2D eigenvalue weighted by molar-refractivity contribution is 9.10. The molecule has 15 heavy (non-hydrogen) atoms. The summed E-state index contributed by atoms with van der Waals surface area (Å²) in [5.74, 6) is 1.08. The molecule has 2 nitrogen and oxygen atoms in total.